The number of hydrogen-bond donors (Lipinski definition) is 1. The fourth-order valence-corrected chi connectivity index (χ4v) is 2.87. The first kappa shape index (κ1) is 20.7. The van der Waals surface area contributed by atoms with Crippen molar-refractivity contribution in [2.75, 3.05) is 27.3 Å². The third-order valence-corrected chi connectivity index (χ3v) is 4.66. The van der Waals surface area contributed by atoms with Crippen molar-refractivity contribution < 1.29 is 14.3 Å². The van der Waals surface area contributed by atoms with Crippen LogP contribution in [0.25, 0.3) is 0 Å². The molecule has 0 aromatic carbocycles. The van der Waals surface area contributed by atoms with E-state index in [0.29, 0.717) is 11.8 Å². The van der Waals surface area contributed by atoms with Crippen molar-refractivity contribution in [3.63, 3.8) is 0 Å². The van der Waals surface area contributed by atoms with Gasteiger partial charge in [0.25, 0.3) is 0 Å². The Labute approximate surface area is 147 Å². The fourth-order valence-electron chi connectivity index (χ4n) is 2.87. The van der Waals surface area contributed by atoms with E-state index in [9.17, 15) is 4.79 Å². The highest BCUT2D eigenvalue weighted by atomic mass is 16.5. The molecule has 1 amide bonds. The smallest absolute Gasteiger partial charge is 0.244 e. The zero-order valence-electron chi connectivity index (χ0n) is 16.4. The van der Waals surface area contributed by atoms with Crippen molar-refractivity contribution in [2.45, 2.75) is 59.1 Å². The number of carbonyl (C=O) groups is 1. The number of piperidine rings is 1. The van der Waals surface area contributed by atoms with Gasteiger partial charge in [0.2, 0.25) is 5.91 Å². The number of allylic oxidation sites excluding steroid dienone is 2. The summed E-state index contributed by atoms with van der Waals surface area (Å²) in [6.45, 7) is 15.7. The third-order valence-electron chi connectivity index (χ3n) is 4.66. The number of likely N-dealkylation sites (tertiary alicyclic amines) is 1. The minimum atomic E-state index is -0.593. The molecular formula is C19H34N2O3. The molecule has 0 atom stereocenters. The zero-order chi connectivity index (χ0) is 18.5. The summed E-state index contributed by atoms with van der Waals surface area (Å²) in [6, 6.07) is 0. The van der Waals surface area contributed by atoms with Crippen molar-refractivity contribution >= 4 is 5.91 Å². The van der Waals surface area contributed by atoms with E-state index in [1.807, 2.05) is 13.8 Å². The molecule has 1 fully saturated rings. The normalized spacial score (nSPS) is 18.4. The van der Waals surface area contributed by atoms with Crippen LogP contribution < -0.4 is 5.32 Å². The molecule has 1 saturated heterocycles. The second-order valence-electron chi connectivity index (χ2n) is 7.92. The van der Waals surface area contributed by atoms with Crippen LogP contribution in [0.1, 0.15) is 47.5 Å². The predicted octanol–water partition coefficient (Wildman–Crippen LogP) is 3.08. The van der Waals surface area contributed by atoms with Crippen LogP contribution in [0.2, 0.25) is 0 Å². The van der Waals surface area contributed by atoms with Crippen molar-refractivity contribution in [3.05, 3.63) is 24.1 Å². The van der Waals surface area contributed by atoms with Gasteiger partial charge in [-0.2, -0.15) is 0 Å². The standard InChI is InChI=1S/C19H34N2O3/c1-14(13-16(24-8)18(2,3)4)20-17(22)19(5,6)21-11-9-15(23-7)10-12-21/h13,15H,1,9-12H2,2-8H3,(H,20,22)/b16-13-. The number of nitrogens with zero attached hydrogens (tertiary/aromatic N) is 1. The summed E-state index contributed by atoms with van der Waals surface area (Å²) in [7, 11) is 3.38. The number of amides is 1. The Morgan fingerprint density at radius 2 is 1.71 bits per heavy atom. The Morgan fingerprint density at radius 3 is 2.12 bits per heavy atom. The average Bonchev–Trinajstić information content (AvgIpc) is 2.51. The van der Waals surface area contributed by atoms with Crippen LogP contribution in [0, 0.1) is 5.41 Å². The number of methoxy groups -OCH3 is 2. The summed E-state index contributed by atoms with van der Waals surface area (Å²) < 4.78 is 10.8. The molecule has 0 aromatic rings. The van der Waals surface area contributed by atoms with Crippen LogP contribution in [-0.4, -0.2) is 49.8 Å². The molecule has 0 saturated carbocycles. The first-order valence-corrected chi connectivity index (χ1v) is 8.56. The number of rotatable bonds is 6. The van der Waals surface area contributed by atoms with Crippen LogP contribution in [0.4, 0.5) is 0 Å². The summed E-state index contributed by atoms with van der Waals surface area (Å²) in [4.78, 5) is 14.9. The van der Waals surface area contributed by atoms with Gasteiger partial charge < -0.3 is 14.8 Å². The lowest BCUT2D eigenvalue weighted by molar-refractivity contribution is -0.132. The molecule has 1 aliphatic rings. The molecule has 0 radical (unpaired) electrons. The molecule has 0 spiro atoms. The lowest BCUT2D eigenvalue weighted by atomic mass is 9.93. The molecule has 0 aliphatic carbocycles. The third kappa shape index (κ3) is 5.35. The molecule has 24 heavy (non-hydrogen) atoms. The van der Waals surface area contributed by atoms with E-state index in [2.05, 4.69) is 37.6 Å². The van der Waals surface area contributed by atoms with Crippen molar-refractivity contribution in [2.24, 2.45) is 5.41 Å². The number of carbonyl (C=O) groups excluding carboxylic acids is 1. The van der Waals surface area contributed by atoms with Gasteiger partial charge in [0.15, 0.2) is 0 Å². The first-order chi connectivity index (χ1) is 11.0. The van der Waals surface area contributed by atoms with Crippen molar-refractivity contribution in [3.8, 4) is 0 Å². The van der Waals surface area contributed by atoms with E-state index in [1.54, 1.807) is 20.3 Å². The van der Waals surface area contributed by atoms with Crippen LogP contribution in [0.5, 0.6) is 0 Å². The monoisotopic (exact) mass is 338 g/mol. The Kier molecular flexibility index (Phi) is 7.05. The summed E-state index contributed by atoms with van der Waals surface area (Å²) in [6.07, 6.45) is 4.00. The molecule has 0 bridgehead atoms. The summed E-state index contributed by atoms with van der Waals surface area (Å²) in [5.41, 5.74) is -0.184. The van der Waals surface area contributed by atoms with Gasteiger partial charge in [-0.25, -0.2) is 0 Å². The van der Waals surface area contributed by atoms with Gasteiger partial charge in [-0.15, -0.1) is 0 Å². The maximum atomic E-state index is 12.7. The van der Waals surface area contributed by atoms with Crippen molar-refractivity contribution in [1.82, 2.24) is 10.2 Å². The summed E-state index contributed by atoms with van der Waals surface area (Å²) in [5, 5.41) is 2.92. The van der Waals surface area contributed by atoms with Crippen molar-refractivity contribution in [1.29, 1.82) is 0 Å². The lowest BCUT2D eigenvalue weighted by Gasteiger charge is -2.41. The molecule has 1 N–H and O–H groups in total. The van der Waals surface area contributed by atoms with Crippen LogP contribution in [-0.2, 0) is 14.3 Å². The zero-order valence-corrected chi connectivity index (χ0v) is 16.4. The van der Waals surface area contributed by atoms with Crippen LogP contribution in [0.3, 0.4) is 0 Å². The molecule has 138 valence electrons. The first-order valence-electron chi connectivity index (χ1n) is 8.56. The Hall–Kier alpha value is -1.33. The Morgan fingerprint density at radius 1 is 1.17 bits per heavy atom. The van der Waals surface area contributed by atoms with E-state index in [0.717, 1.165) is 31.7 Å². The topological polar surface area (TPSA) is 50.8 Å². The molecule has 1 heterocycles. The maximum Gasteiger partial charge on any atom is 0.244 e. The Balaban J connectivity index is 2.72. The minimum absolute atomic E-state index is 0.0519. The van der Waals surface area contributed by atoms with Gasteiger partial charge >= 0.3 is 0 Å². The fraction of sp³-hybridized carbons (Fsp3) is 0.737. The predicted molar refractivity (Wildman–Crippen MR) is 97.5 cm³/mol. The molecular weight excluding hydrogens is 304 g/mol. The van der Waals surface area contributed by atoms with E-state index in [1.165, 1.54) is 0 Å². The van der Waals surface area contributed by atoms with E-state index in [4.69, 9.17) is 9.47 Å². The molecule has 0 aromatic heterocycles. The second kappa shape index (κ2) is 8.17. The largest absolute Gasteiger partial charge is 0.500 e. The van der Waals surface area contributed by atoms with Gasteiger partial charge in [-0.1, -0.05) is 27.4 Å². The van der Waals surface area contributed by atoms with E-state index >= 15 is 0 Å². The molecule has 1 rings (SSSR count). The highest BCUT2D eigenvalue weighted by Crippen LogP contribution is 2.27. The van der Waals surface area contributed by atoms with Gasteiger partial charge in [-0.3, -0.25) is 9.69 Å². The van der Waals surface area contributed by atoms with Gasteiger partial charge in [-0.05, 0) is 32.8 Å². The van der Waals surface area contributed by atoms with E-state index < -0.39 is 5.54 Å². The van der Waals surface area contributed by atoms with Crippen LogP contribution in [0.15, 0.2) is 24.1 Å². The molecule has 0 unspecified atom stereocenters. The van der Waals surface area contributed by atoms with Crippen LogP contribution >= 0.6 is 0 Å². The SMILES string of the molecule is C=C(/C=C(\OC)C(C)(C)C)NC(=O)C(C)(C)N1CCC(OC)CC1. The quantitative estimate of drug-likeness (QED) is 0.597. The average molecular weight is 338 g/mol. The highest BCUT2D eigenvalue weighted by Gasteiger charge is 2.37. The number of ether oxygens (including phenoxy) is 2. The maximum absolute atomic E-state index is 12.7. The summed E-state index contributed by atoms with van der Waals surface area (Å²) >= 11 is 0. The highest BCUT2D eigenvalue weighted by molar-refractivity contribution is 5.87. The molecule has 5 heteroatoms. The number of nitrogens with one attached hydrogen (secondary N) is 1. The lowest BCUT2D eigenvalue weighted by Crippen LogP contribution is -2.57. The van der Waals surface area contributed by atoms with E-state index in [-0.39, 0.29) is 11.3 Å². The second-order valence-corrected chi connectivity index (χ2v) is 7.92. The summed E-state index contributed by atoms with van der Waals surface area (Å²) in [5.74, 6) is 0.732. The minimum Gasteiger partial charge on any atom is -0.500 e. The number of hydrogen-bond acceptors (Lipinski definition) is 4. The molecule has 5 nitrogen and oxygen atoms in total. The van der Waals surface area contributed by atoms with Gasteiger partial charge in [0.05, 0.1) is 18.8 Å². The van der Waals surface area contributed by atoms with Gasteiger partial charge in [0, 0.05) is 31.3 Å². The molecule has 1 aliphatic heterocycles. The van der Waals surface area contributed by atoms with Gasteiger partial charge in [0.1, 0.15) is 5.76 Å². The Bertz CT molecular complexity index is 481.